The molecular formula is C7H13NO2. The molecule has 1 unspecified atom stereocenters. The Kier molecular flexibility index (Phi) is 3.69. The van der Waals surface area contributed by atoms with Gasteiger partial charge in [-0.25, -0.2) is 0 Å². The van der Waals surface area contributed by atoms with E-state index in [0.717, 1.165) is 18.2 Å². The van der Waals surface area contributed by atoms with Crippen LogP contribution in [0.1, 0.15) is 27.2 Å². The lowest BCUT2D eigenvalue weighted by Gasteiger charge is -2.04. The lowest BCUT2D eigenvalue weighted by molar-refractivity contribution is -0.403. The summed E-state index contributed by atoms with van der Waals surface area (Å²) in [4.78, 5) is 9.56. The molecule has 3 nitrogen and oxygen atoms in total. The van der Waals surface area contributed by atoms with Crippen LogP contribution in [0.15, 0.2) is 11.8 Å². The Labute approximate surface area is 60.9 Å². The Balaban J connectivity index is 4.04. The first-order valence-electron chi connectivity index (χ1n) is 3.39. The molecule has 0 spiro atoms. The molecule has 0 aliphatic carbocycles. The molecule has 0 aromatic rings. The van der Waals surface area contributed by atoms with Gasteiger partial charge in [0.2, 0.25) is 6.20 Å². The average molecular weight is 143 g/mol. The van der Waals surface area contributed by atoms with E-state index in [9.17, 15) is 10.1 Å². The van der Waals surface area contributed by atoms with Crippen LogP contribution < -0.4 is 0 Å². The van der Waals surface area contributed by atoms with Crippen LogP contribution in [0.5, 0.6) is 0 Å². The van der Waals surface area contributed by atoms with Crippen molar-refractivity contribution in [2.24, 2.45) is 5.92 Å². The number of hydrogen-bond acceptors (Lipinski definition) is 2. The zero-order chi connectivity index (χ0) is 8.15. The Morgan fingerprint density at radius 1 is 1.80 bits per heavy atom. The molecule has 10 heavy (non-hydrogen) atoms. The van der Waals surface area contributed by atoms with Crippen molar-refractivity contribution in [3.63, 3.8) is 0 Å². The highest BCUT2D eigenvalue weighted by Crippen LogP contribution is 2.12. The SMILES string of the molecule is CCC(C)/C(C)=C/[N+](=O)[O-]. The highest BCUT2D eigenvalue weighted by atomic mass is 16.6. The molecule has 0 aliphatic heterocycles. The molecule has 0 radical (unpaired) electrons. The molecule has 58 valence electrons. The minimum absolute atomic E-state index is 0.324. The van der Waals surface area contributed by atoms with Gasteiger partial charge in [0.15, 0.2) is 0 Å². The smallest absolute Gasteiger partial charge is 0.233 e. The molecular weight excluding hydrogens is 130 g/mol. The van der Waals surface area contributed by atoms with Crippen molar-refractivity contribution in [1.82, 2.24) is 0 Å². The lowest BCUT2D eigenvalue weighted by atomic mass is 10.0. The quantitative estimate of drug-likeness (QED) is 0.449. The van der Waals surface area contributed by atoms with Gasteiger partial charge in [-0.05, 0) is 24.8 Å². The largest absolute Gasteiger partial charge is 0.259 e. The third kappa shape index (κ3) is 3.22. The van der Waals surface area contributed by atoms with Gasteiger partial charge in [-0.1, -0.05) is 13.8 Å². The Morgan fingerprint density at radius 2 is 2.30 bits per heavy atom. The number of nitrogens with zero attached hydrogens (tertiary/aromatic N) is 1. The van der Waals surface area contributed by atoms with Crippen LogP contribution in [0.4, 0.5) is 0 Å². The van der Waals surface area contributed by atoms with E-state index >= 15 is 0 Å². The summed E-state index contributed by atoms with van der Waals surface area (Å²) < 4.78 is 0. The van der Waals surface area contributed by atoms with Gasteiger partial charge in [-0.15, -0.1) is 0 Å². The second kappa shape index (κ2) is 4.04. The molecule has 0 aromatic heterocycles. The zero-order valence-corrected chi connectivity index (χ0v) is 6.63. The van der Waals surface area contributed by atoms with Gasteiger partial charge in [-0.2, -0.15) is 0 Å². The van der Waals surface area contributed by atoms with E-state index in [1.165, 1.54) is 0 Å². The minimum Gasteiger partial charge on any atom is -0.259 e. The third-order valence-electron chi connectivity index (χ3n) is 1.70. The van der Waals surface area contributed by atoms with Crippen molar-refractivity contribution in [3.8, 4) is 0 Å². The Morgan fingerprint density at radius 3 is 2.60 bits per heavy atom. The summed E-state index contributed by atoms with van der Waals surface area (Å²) in [6.07, 6.45) is 2.03. The predicted molar refractivity (Wildman–Crippen MR) is 40.2 cm³/mol. The molecule has 0 bridgehead atoms. The van der Waals surface area contributed by atoms with Crippen LogP contribution in [-0.4, -0.2) is 4.92 Å². The summed E-state index contributed by atoms with van der Waals surface area (Å²) >= 11 is 0. The maximum absolute atomic E-state index is 9.96. The number of nitro groups is 1. The summed E-state index contributed by atoms with van der Waals surface area (Å²) in [5.74, 6) is 0.324. The first-order valence-corrected chi connectivity index (χ1v) is 3.39. The lowest BCUT2D eigenvalue weighted by Crippen LogP contribution is -1.96. The second-order valence-corrected chi connectivity index (χ2v) is 2.47. The molecule has 3 heteroatoms. The van der Waals surface area contributed by atoms with Gasteiger partial charge >= 0.3 is 0 Å². The summed E-state index contributed by atoms with van der Waals surface area (Å²) in [6.45, 7) is 5.79. The maximum atomic E-state index is 9.96. The number of hydrogen-bond donors (Lipinski definition) is 0. The Bertz CT molecular complexity index is 152. The molecule has 0 aromatic carbocycles. The van der Waals surface area contributed by atoms with E-state index in [4.69, 9.17) is 0 Å². The van der Waals surface area contributed by atoms with Gasteiger partial charge in [-0.3, -0.25) is 10.1 Å². The van der Waals surface area contributed by atoms with E-state index in [-0.39, 0.29) is 0 Å². The number of rotatable bonds is 3. The van der Waals surface area contributed by atoms with Gasteiger partial charge in [0.1, 0.15) is 0 Å². The summed E-state index contributed by atoms with van der Waals surface area (Å²) in [7, 11) is 0. The maximum Gasteiger partial charge on any atom is 0.233 e. The van der Waals surface area contributed by atoms with E-state index < -0.39 is 4.92 Å². The van der Waals surface area contributed by atoms with E-state index in [1.54, 1.807) is 6.92 Å². The molecule has 0 N–H and O–H groups in total. The van der Waals surface area contributed by atoms with Crippen LogP contribution in [0.3, 0.4) is 0 Å². The predicted octanol–water partition coefficient (Wildman–Crippen LogP) is 2.21. The molecule has 0 rings (SSSR count). The van der Waals surface area contributed by atoms with Crippen LogP contribution in [0.2, 0.25) is 0 Å². The van der Waals surface area contributed by atoms with Crippen molar-refractivity contribution in [1.29, 1.82) is 0 Å². The van der Waals surface area contributed by atoms with E-state index in [1.807, 2.05) is 13.8 Å². The second-order valence-electron chi connectivity index (χ2n) is 2.47. The normalized spacial score (nSPS) is 14.9. The third-order valence-corrected chi connectivity index (χ3v) is 1.70. The van der Waals surface area contributed by atoms with Gasteiger partial charge in [0.05, 0.1) is 4.92 Å². The molecule has 0 fully saturated rings. The standard InChI is InChI=1S/C7H13NO2/c1-4-6(2)7(3)5-8(9)10/h5-6H,4H2,1-3H3/b7-5+. The van der Waals surface area contributed by atoms with Crippen LogP contribution in [0, 0.1) is 16.0 Å². The van der Waals surface area contributed by atoms with E-state index in [0.29, 0.717) is 5.92 Å². The number of allylic oxidation sites excluding steroid dienone is 1. The van der Waals surface area contributed by atoms with Crippen LogP contribution in [0.25, 0.3) is 0 Å². The van der Waals surface area contributed by atoms with Gasteiger partial charge in [0, 0.05) is 0 Å². The highest BCUT2D eigenvalue weighted by Gasteiger charge is 2.03. The molecule has 0 saturated heterocycles. The fourth-order valence-electron chi connectivity index (χ4n) is 0.615. The van der Waals surface area contributed by atoms with Crippen molar-refractivity contribution < 1.29 is 4.92 Å². The molecule has 0 heterocycles. The fourth-order valence-corrected chi connectivity index (χ4v) is 0.615. The molecule has 0 saturated carbocycles. The molecule has 1 atom stereocenters. The van der Waals surface area contributed by atoms with Crippen molar-refractivity contribution in [3.05, 3.63) is 21.9 Å². The first kappa shape index (κ1) is 9.14. The summed E-state index contributed by atoms with van der Waals surface area (Å²) in [5.41, 5.74) is 0.840. The van der Waals surface area contributed by atoms with Crippen molar-refractivity contribution >= 4 is 0 Å². The van der Waals surface area contributed by atoms with Crippen molar-refractivity contribution in [2.45, 2.75) is 27.2 Å². The van der Waals surface area contributed by atoms with Gasteiger partial charge < -0.3 is 0 Å². The van der Waals surface area contributed by atoms with E-state index in [2.05, 4.69) is 0 Å². The molecule has 0 amide bonds. The van der Waals surface area contributed by atoms with Crippen LogP contribution >= 0.6 is 0 Å². The fraction of sp³-hybridized carbons (Fsp3) is 0.714. The van der Waals surface area contributed by atoms with Crippen LogP contribution in [-0.2, 0) is 0 Å². The van der Waals surface area contributed by atoms with Crippen molar-refractivity contribution in [2.75, 3.05) is 0 Å². The topological polar surface area (TPSA) is 43.1 Å². The highest BCUT2D eigenvalue weighted by molar-refractivity contribution is 4.96. The Hall–Kier alpha value is -0.860. The summed E-state index contributed by atoms with van der Waals surface area (Å²) in [6, 6.07) is 0. The van der Waals surface area contributed by atoms with Gasteiger partial charge in [0.25, 0.3) is 0 Å². The monoisotopic (exact) mass is 143 g/mol. The first-order chi connectivity index (χ1) is 4.57. The molecule has 0 aliphatic rings. The zero-order valence-electron chi connectivity index (χ0n) is 6.63. The minimum atomic E-state index is -0.401. The average Bonchev–Trinajstić information content (AvgIpc) is 1.85. The summed E-state index contributed by atoms with van der Waals surface area (Å²) in [5, 5.41) is 9.96.